The van der Waals surface area contributed by atoms with Crippen LogP contribution in [0.5, 0.6) is 5.75 Å². The van der Waals surface area contributed by atoms with Crippen LogP contribution in [0.2, 0.25) is 0 Å². The van der Waals surface area contributed by atoms with Crippen molar-refractivity contribution < 1.29 is 4.74 Å². The van der Waals surface area contributed by atoms with E-state index in [2.05, 4.69) is 4.98 Å². The summed E-state index contributed by atoms with van der Waals surface area (Å²) in [6, 6.07) is 2.98. The van der Waals surface area contributed by atoms with Crippen molar-refractivity contribution in [3.05, 3.63) is 24.0 Å². The maximum atomic E-state index is 8.51. The Hall–Kier alpha value is -1.60. The van der Waals surface area contributed by atoms with Crippen molar-refractivity contribution in [1.82, 2.24) is 4.98 Å². The van der Waals surface area contributed by atoms with Gasteiger partial charge in [-0.1, -0.05) is 0 Å². The monoisotopic (exact) mass is 163 g/mol. The molecule has 4 heteroatoms. The summed E-state index contributed by atoms with van der Waals surface area (Å²) in [4.78, 5) is 3.87. The predicted molar refractivity (Wildman–Crippen MR) is 43.3 cm³/mol. The lowest BCUT2D eigenvalue weighted by atomic mass is 10.1. The number of pyridine rings is 1. The molecule has 0 aromatic carbocycles. The van der Waals surface area contributed by atoms with Crippen LogP contribution in [0, 0.1) is 11.3 Å². The highest BCUT2D eigenvalue weighted by Crippen LogP contribution is 2.14. The summed E-state index contributed by atoms with van der Waals surface area (Å²) >= 11 is 0. The predicted octanol–water partition coefficient (Wildman–Crippen LogP) is 0.614. The molecule has 1 unspecified atom stereocenters. The summed E-state index contributed by atoms with van der Waals surface area (Å²) in [5.41, 5.74) is 6.12. The first-order chi connectivity index (χ1) is 5.77. The normalized spacial score (nSPS) is 11.8. The third-order valence-electron chi connectivity index (χ3n) is 1.47. The lowest BCUT2D eigenvalue weighted by Crippen LogP contribution is -2.07. The molecule has 2 N–H and O–H groups in total. The molecule has 0 saturated heterocycles. The Balaban J connectivity index is 2.95. The Bertz CT molecular complexity index is 305. The molecular weight excluding hydrogens is 154 g/mol. The number of aromatic nitrogens is 1. The van der Waals surface area contributed by atoms with Crippen LogP contribution < -0.4 is 10.5 Å². The zero-order valence-electron chi connectivity index (χ0n) is 6.69. The first-order valence-electron chi connectivity index (χ1n) is 3.42. The Morgan fingerprint density at radius 3 is 3.00 bits per heavy atom. The van der Waals surface area contributed by atoms with Gasteiger partial charge in [0.2, 0.25) is 0 Å². The van der Waals surface area contributed by atoms with Gasteiger partial charge in [-0.2, -0.15) is 5.26 Å². The van der Waals surface area contributed by atoms with Crippen molar-refractivity contribution in [2.75, 3.05) is 7.11 Å². The molecule has 0 aliphatic rings. The van der Waals surface area contributed by atoms with Crippen molar-refractivity contribution in [3.8, 4) is 11.8 Å². The minimum absolute atomic E-state index is 0.609. The first kappa shape index (κ1) is 8.50. The number of nitrogens with two attached hydrogens (primary N) is 1. The third kappa shape index (κ3) is 1.71. The lowest BCUT2D eigenvalue weighted by molar-refractivity contribution is 0.412. The Kier molecular flexibility index (Phi) is 2.62. The molecule has 0 spiro atoms. The molecule has 0 amide bonds. The zero-order chi connectivity index (χ0) is 8.97. The average Bonchev–Trinajstić information content (AvgIpc) is 2.17. The lowest BCUT2D eigenvalue weighted by Gasteiger charge is -2.03. The molecule has 1 heterocycles. The van der Waals surface area contributed by atoms with Gasteiger partial charge in [-0.3, -0.25) is 4.98 Å². The van der Waals surface area contributed by atoms with Gasteiger partial charge in [-0.05, 0) is 6.07 Å². The molecule has 1 rings (SSSR count). The van der Waals surface area contributed by atoms with Gasteiger partial charge >= 0.3 is 0 Å². The Morgan fingerprint density at radius 2 is 2.42 bits per heavy atom. The van der Waals surface area contributed by atoms with Crippen LogP contribution >= 0.6 is 0 Å². The highest BCUT2D eigenvalue weighted by molar-refractivity contribution is 5.28. The molecule has 1 aromatic rings. The van der Waals surface area contributed by atoms with E-state index in [1.54, 1.807) is 25.6 Å². The summed E-state index contributed by atoms with van der Waals surface area (Å²) in [7, 11) is 1.54. The molecule has 0 aliphatic heterocycles. The second-order valence-electron chi connectivity index (χ2n) is 2.26. The van der Waals surface area contributed by atoms with Crippen molar-refractivity contribution in [2.24, 2.45) is 5.73 Å². The van der Waals surface area contributed by atoms with E-state index in [1.807, 2.05) is 6.07 Å². The van der Waals surface area contributed by atoms with Gasteiger partial charge in [-0.25, -0.2) is 0 Å². The molecule has 1 atom stereocenters. The van der Waals surface area contributed by atoms with E-state index in [0.29, 0.717) is 11.3 Å². The van der Waals surface area contributed by atoms with Gasteiger partial charge in [0, 0.05) is 11.8 Å². The van der Waals surface area contributed by atoms with E-state index in [4.69, 9.17) is 15.7 Å². The summed E-state index contributed by atoms with van der Waals surface area (Å²) in [5, 5.41) is 8.51. The number of rotatable bonds is 2. The van der Waals surface area contributed by atoms with Gasteiger partial charge in [0.15, 0.2) is 0 Å². The second kappa shape index (κ2) is 3.69. The van der Waals surface area contributed by atoms with Crippen LogP contribution in [0.15, 0.2) is 18.5 Å². The molecule has 4 nitrogen and oxygen atoms in total. The summed E-state index contributed by atoms with van der Waals surface area (Å²) in [6.07, 6.45) is 3.12. The maximum absolute atomic E-state index is 8.51. The van der Waals surface area contributed by atoms with Crippen molar-refractivity contribution >= 4 is 0 Å². The quantitative estimate of drug-likeness (QED) is 0.693. The number of nitrogens with zero attached hydrogens (tertiary/aromatic N) is 2. The van der Waals surface area contributed by atoms with Crippen molar-refractivity contribution in [3.63, 3.8) is 0 Å². The summed E-state index contributed by atoms with van der Waals surface area (Å²) in [5.74, 6) is 0.609. The fourth-order valence-electron chi connectivity index (χ4n) is 0.792. The van der Waals surface area contributed by atoms with Crippen LogP contribution in [0.3, 0.4) is 0 Å². The van der Waals surface area contributed by atoms with Crippen molar-refractivity contribution in [2.45, 2.75) is 6.04 Å². The Labute approximate surface area is 70.6 Å². The number of ether oxygens (including phenoxy) is 1. The molecule has 0 bridgehead atoms. The van der Waals surface area contributed by atoms with Gasteiger partial charge in [0.1, 0.15) is 11.8 Å². The smallest absolute Gasteiger partial charge is 0.137 e. The van der Waals surface area contributed by atoms with E-state index in [0.717, 1.165) is 0 Å². The van der Waals surface area contributed by atoms with E-state index in [9.17, 15) is 0 Å². The van der Waals surface area contributed by atoms with Gasteiger partial charge in [-0.15, -0.1) is 0 Å². The molecule has 0 fully saturated rings. The van der Waals surface area contributed by atoms with Crippen LogP contribution in [-0.4, -0.2) is 12.1 Å². The van der Waals surface area contributed by atoms with Crippen LogP contribution in [0.25, 0.3) is 0 Å². The van der Waals surface area contributed by atoms with Crippen LogP contribution in [0.4, 0.5) is 0 Å². The van der Waals surface area contributed by atoms with E-state index in [-0.39, 0.29) is 0 Å². The topological polar surface area (TPSA) is 71.9 Å². The largest absolute Gasteiger partial charge is 0.495 e. The molecule has 0 radical (unpaired) electrons. The second-order valence-corrected chi connectivity index (χ2v) is 2.26. The fourth-order valence-corrected chi connectivity index (χ4v) is 0.792. The SMILES string of the molecule is COc1cncc(C(N)C#N)c1. The molecular formula is C8H9N3O. The number of hydrogen-bond acceptors (Lipinski definition) is 4. The van der Waals surface area contributed by atoms with Crippen LogP contribution in [-0.2, 0) is 0 Å². The van der Waals surface area contributed by atoms with Crippen molar-refractivity contribution in [1.29, 1.82) is 5.26 Å². The molecule has 0 aliphatic carbocycles. The highest BCUT2D eigenvalue weighted by atomic mass is 16.5. The van der Waals surface area contributed by atoms with E-state index < -0.39 is 6.04 Å². The minimum atomic E-state index is -0.632. The third-order valence-corrected chi connectivity index (χ3v) is 1.47. The summed E-state index contributed by atoms with van der Waals surface area (Å²) in [6.45, 7) is 0. The van der Waals surface area contributed by atoms with Crippen LogP contribution in [0.1, 0.15) is 11.6 Å². The molecule has 1 aromatic heterocycles. The maximum Gasteiger partial charge on any atom is 0.137 e. The molecule has 0 saturated carbocycles. The average molecular weight is 163 g/mol. The Morgan fingerprint density at radius 1 is 1.67 bits per heavy atom. The number of nitriles is 1. The molecule has 62 valence electrons. The van der Waals surface area contributed by atoms with E-state index >= 15 is 0 Å². The van der Waals surface area contributed by atoms with Gasteiger partial charge < -0.3 is 10.5 Å². The standard InChI is InChI=1S/C8H9N3O/c1-12-7-2-6(4-11-5-7)8(10)3-9/h2,4-5,8H,10H2,1H3. The van der Waals surface area contributed by atoms with Gasteiger partial charge in [0.05, 0.1) is 19.4 Å². The first-order valence-corrected chi connectivity index (χ1v) is 3.42. The van der Waals surface area contributed by atoms with E-state index in [1.165, 1.54) is 0 Å². The fraction of sp³-hybridized carbons (Fsp3) is 0.250. The van der Waals surface area contributed by atoms with Gasteiger partial charge in [0.25, 0.3) is 0 Å². The number of methoxy groups -OCH3 is 1. The zero-order valence-corrected chi connectivity index (χ0v) is 6.69. The molecule has 12 heavy (non-hydrogen) atoms. The minimum Gasteiger partial charge on any atom is -0.495 e. The highest BCUT2D eigenvalue weighted by Gasteiger charge is 2.04. The number of hydrogen-bond donors (Lipinski definition) is 1. The summed E-state index contributed by atoms with van der Waals surface area (Å²) < 4.78 is 4.92.